The SMILES string of the molecule is CC(=O)OC1(C)CC(O)C2(O)CCOC(OC3OC(CO)C(O)C(O)C3O)C12. The van der Waals surface area contributed by atoms with Gasteiger partial charge in [-0.2, -0.15) is 0 Å². The molecular formula is C17H28O11. The maximum atomic E-state index is 11.6. The first-order chi connectivity index (χ1) is 13.0. The summed E-state index contributed by atoms with van der Waals surface area (Å²) >= 11 is 0. The molecule has 0 bridgehead atoms. The fourth-order valence-electron chi connectivity index (χ4n) is 4.57. The molecule has 28 heavy (non-hydrogen) atoms. The van der Waals surface area contributed by atoms with Crippen LogP contribution in [-0.4, -0.2) is 104 Å². The molecule has 3 aliphatic rings. The normalized spacial score (nSPS) is 51.6. The van der Waals surface area contributed by atoms with Crippen molar-refractivity contribution >= 4 is 5.97 Å². The predicted molar refractivity (Wildman–Crippen MR) is 88.4 cm³/mol. The zero-order valence-corrected chi connectivity index (χ0v) is 15.7. The molecule has 2 heterocycles. The monoisotopic (exact) mass is 408 g/mol. The molecule has 10 unspecified atom stereocenters. The van der Waals surface area contributed by atoms with E-state index in [1.165, 1.54) is 6.92 Å². The van der Waals surface area contributed by atoms with Crippen LogP contribution in [0.4, 0.5) is 0 Å². The average molecular weight is 408 g/mol. The van der Waals surface area contributed by atoms with E-state index in [-0.39, 0.29) is 19.4 Å². The van der Waals surface area contributed by atoms with Crippen LogP contribution in [0.1, 0.15) is 26.7 Å². The number of rotatable bonds is 4. The smallest absolute Gasteiger partial charge is 0.303 e. The summed E-state index contributed by atoms with van der Waals surface area (Å²) in [5, 5.41) is 60.8. The van der Waals surface area contributed by atoms with E-state index in [9.17, 15) is 35.4 Å². The Morgan fingerprint density at radius 3 is 2.43 bits per heavy atom. The molecule has 3 rings (SSSR count). The molecule has 11 nitrogen and oxygen atoms in total. The van der Waals surface area contributed by atoms with Gasteiger partial charge in [-0.25, -0.2) is 0 Å². The summed E-state index contributed by atoms with van der Waals surface area (Å²) in [6.45, 7) is 2.13. The highest BCUT2D eigenvalue weighted by atomic mass is 16.8. The molecule has 2 saturated heterocycles. The molecule has 2 aliphatic heterocycles. The number of aliphatic hydroxyl groups is 6. The fourth-order valence-corrected chi connectivity index (χ4v) is 4.57. The van der Waals surface area contributed by atoms with Gasteiger partial charge in [-0.1, -0.05) is 0 Å². The number of hydrogen-bond acceptors (Lipinski definition) is 11. The Balaban J connectivity index is 1.85. The van der Waals surface area contributed by atoms with Crippen LogP contribution in [0.25, 0.3) is 0 Å². The summed E-state index contributed by atoms with van der Waals surface area (Å²) in [7, 11) is 0. The minimum atomic E-state index is -1.67. The van der Waals surface area contributed by atoms with E-state index in [0.29, 0.717) is 0 Å². The van der Waals surface area contributed by atoms with Crippen LogP contribution in [0.15, 0.2) is 0 Å². The second kappa shape index (κ2) is 7.74. The Bertz CT molecular complexity index is 585. The lowest BCUT2D eigenvalue weighted by Crippen LogP contribution is -2.63. The third kappa shape index (κ3) is 3.55. The third-order valence-electron chi connectivity index (χ3n) is 5.92. The van der Waals surface area contributed by atoms with Crippen molar-refractivity contribution in [3.63, 3.8) is 0 Å². The highest BCUT2D eigenvalue weighted by molar-refractivity contribution is 5.66. The summed E-state index contributed by atoms with van der Waals surface area (Å²) in [5.74, 6) is -1.63. The second-order valence-corrected chi connectivity index (χ2v) is 7.92. The zero-order chi connectivity index (χ0) is 20.9. The Kier molecular flexibility index (Phi) is 6.03. The number of hydrogen-bond donors (Lipinski definition) is 6. The highest BCUT2D eigenvalue weighted by Gasteiger charge is 2.67. The molecule has 1 saturated carbocycles. The highest BCUT2D eigenvalue weighted by Crippen LogP contribution is 2.52. The number of aliphatic hydroxyl groups excluding tert-OH is 5. The van der Waals surface area contributed by atoms with Crippen LogP contribution in [0.2, 0.25) is 0 Å². The largest absolute Gasteiger partial charge is 0.459 e. The van der Waals surface area contributed by atoms with Crippen LogP contribution in [-0.2, 0) is 23.7 Å². The van der Waals surface area contributed by atoms with Crippen LogP contribution in [0.5, 0.6) is 0 Å². The van der Waals surface area contributed by atoms with Crippen molar-refractivity contribution in [3.05, 3.63) is 0 Å². The Hall–Kier alpha value is -0.890. The van der Waals surface area contributed by atoms with Gasteiger partial charge in [0.15, 0.2) is 12.6 Å². The van der Waals surface area contributed by atoms with Gasteiger partial charge in [0.25, 0.3) is 0 Å². The Labute approximate surface area is 161 Å². The van der Waals surface area contributed by atoms with E-state index >= 15 is 0 Å². The molecule has 0 aromatic carbocycles. The summed E-state index contributed by atoms with van der Waals surface area (Å²) in [6.07, 6.45) is -9.98. The Morgan fingerprint density at radius 2 is 1.82 bits per heavy atom. The second-order valence-electron chi connectivity index (χ2n) is 7.92. The van der Waals surface area contributed by atoms with E-state index in [1.807, 2.05) is 0 Å². The average Bonchev–Trinajstić information content (AvgIpc) is 2.81. The summed E-state index contributed by atoms with van der Waals surface area (Å²) in [5.41, 5.74) is -2.99. The van der Waals surface area contributed by atoms with Gasteiger partial charge in [0.1, 0.15) is 35.6 Å². The molecule has 162 valence electrons. The van der Waals surface area contributed by atoms with Crippen molar-refractivity contribution in [1.29, 1.82) is 0 Å². The van der Waals surface area contributed by atoms with Crippen molar-refractivity contribution in [1.82, 2.24) is 0 Å². The van der Waals surface area contributed by atoms with E-state index in [1.54, 1.807) is 6.92 Å². The maximum Gasteiger partial charge on any atom is 0.303 e. The lowest BCUT2D eigenvalue weighted by molar-refractivity contribution is -0.367. The van der Waals surface area contributed by atoms with Gasteiger partial charge >= 0.3 is 5.97 Å². The lowest BCUT2D eigenvalue weighted by atomic mass is 9.79. The predicted octanol–water partition coefficient (Wildman–Crippen LogP) is -3.02. The number of fused-ring (bicyclic) bond motifs is 1. The fraction of sp³-hybridized carbons (Fsp3) is 0.941. The van der Waals surface area contributed by atoms with Crippen molar-refractivity contribution < 1.29 is 54.4 Å². The summed E-state index contributed by atoms with van der Waals surface area (Å²) in [4.78, 5) is 11.6. The van der Waals surface area contributed by atoms with Gasteiger partial charge in [0.05, 0.1) is 25.2 Å². The van der Waals surface area contributed by atoms with Gasteiger partial charge in [0, 0.05) is 19.8 Å². The molecule has 0 spiro atoms. The number of carbonyl (C=O) groups excluding carboxylic acids is 1. The van der Waals surface area contributed by atoms with E-state index in [2.05, 4.69) is 0 Å². The molecule has 3 fully saturated rings. The first kappa shape index (κ1) is 21.8. The molecule has 0 aromatic heterocycles. The maximum absolute atomic E-state index is 11.6. The molecule has 10 atom stereocenters. The molecule has 11 heteroatoms. The zero-order valence-electron chi connectivity index (χ0n) is 15.7. The minimum Gasteiger partial charge on any atom is -0.459 e. The molecular weight excluding hydrogens is 380 g/mol. The number of ether oxygens (including phenoxy) is 4. The van der Waals surface area contributed by atoms with Crippen molar-refractivity contribution in [3.8, 4) is 0 Å². The van der Waals surface area contributed by atoms with Gasteiger partial charge < -0.3 is 49.6 Å². The molecule has 0 radical (unpaired) electrons. The van der Waals surface area contributed by atoms with Crippen molar-refractivity contribution in [2.24, 2.45) is 5.92 Å². The van der Waals surface area contributed by atoms with Gasteiger partial charge in [-0.3, -0.25) is 4.79 Å². The Morgan fingerprint density at radius 1 is 1.14 bits per heavy atom. The van der Waals surface area contributed by atoms with Crippen LogP contribution in [0.3, 0.4) is 0 Å². The third-order valence-corrected chi connectivity index (χ3v) is 5.92. The molecule has 0 aromatic rings. The molecule has 6 N–H and O–H groups in total. The van der Waals surface area contributed by atoms with Crippen molar-refractivity contribution in [2.75, 3.05) is 13.2 Å². The minimum absolute atomic E-state index is 0.0162. The standard InChI is InChI=1S/C17H28O11/c1-7(19)28-16(2)5-9(20)17(24)3-4-25-15(13(16)17)27-14-12(23)11(22)10(21)8(6-18)26-14/h8-15,18,20-24H,3-6H2,1-2H3. The van der Waals surface area contributed by atoms with Gasteiger partial charge in [-0.05, 0) is 6.92 Å². The van der Waals surface area contributed by atoms with E-state index in [0.717, 1.165) is 0 Å². The van der Waals surface area contributed by atoms with Crippen LogP contribution >= 0.6 is 0 Å². The van der Waals surface area contributed by atoms with E-state index in [4.69, 9.17) is 18.9 Å². The van der Waals surface area contributed by atoms with Crippen LogP contribution in [0, 0.1) is 5.92 Å². The number of esters is 1. The molecule has 0 amide bonds. The lowest BCUT2D eigenvalue weighted by Gasteiger charge is -2.47. The van der Waals surface area contributed by atoms with Gasteiger partial charge in [-0.15, -0.1) is 0 Å². The quantitative estimate of drug-likeness (QED) is 0.261. The number of carbonyl (C=O) groups is 1. The summed E-state index contributed by atoms with van der Waals surface area (Å²) < 4.78 is 21.9. The van der Waals surface area contributed by atoms with Gasteiger partial charge in [0.2, 0.25) is 0 Å². The molecule has 1 aliphatic carbocycles. The van der Waals surface area contributed by atoms with E-state index < -0.39 is 72.8 Å². The van der Waals surface area contributed by atoms with Crippen LogP contribution < -0.4 is 0 Å². The van der Waals surface area contributed by atoms with Crippen molar-refractivity contribution in [2.45, 2.75) is 81.0 Å². The first-order valence-electron chi connectivity index (χ1n) is 9.21. The topological polar surface area (TPSA) is 175 Å². The first-order valence-corrected chi connectivity index (χ1v) is 9.21. The summed E-state index contributed by atoms with van der Waals surface area (Å²) in [6, 6.07) is 0.